The molecular weight excluding hydrogens is 416 g/mol. The molecule has 2 aliphatic heterocycles. The quantitative estimate of drug-likeness (QED) is 0.434. The molecule has 32 heavy (non-hydrogen) atoms. The first-order valence-corrected chi connectivity index (χ1v) is 11.1. The summed E-state index contributed by atoms with van der Waals surface area (Å²) < 4.78 is 16.4. The van der Waals surface area contributed by atoms with Crippen LogP contribution in [0.3, 0.4) is 0 Å². The first-order valence-electron chi connectivity index (χ1n) is 11.1. The summed E-state index contributed by atoms with van der Waals surface area (Å²) in [6.45, 7) is 3.59. The van der Waals surface area contributed by atoms with Gasteiger partial charge < -0.3 is 35.3 Å². The zero-order chi connectivity index (χ0) is 22.8. The Morgan fingerprint density at radius 1 is 1.19 bits per heavy atom. The molecule has 0 bridgehead atoms. The van der Waals surface area contributed by atoms with Crippen LogP contribution in [0.25, 0.3) is 0 Å². The highest BCUT2D eigenvalue weighted by Gasteiger charge is 2.31. The molecule has 2 heterocycles. The summed E-state index contributed by atoms with van der Waals surface area (Å²) in [7, 11) is 1.58. The lowest BCUT2D eigenvalue weighted by Gasteiger charge is -2.36. The molecule has 178 valence electrons. The number of anilines is 1. The lowest BCUT2D eigenvalue weighted by molar-refractivity contribution is -0.123. The van der Waals surface area contributed by atoms with E-state index in [4.69, 9.17) is 14.2 Å². The monoisotopic (exact) mass is 450 g/mol. The number of amides is 3. The average molecular weight is 451 g/mol. The standard InChI is InChI=1S/C22H34N4O6/c1-30-17-4-2-16(3-5-17)24-22(29)25-19-7-6-18(32-20(19)15-27)8-9-23-21(28)14-26-10-12-31-13-11-26/h2-5,18-20,27H,6-15H2,1H3,(H,23,28)(H2,24,25,29)/t18-,19-,20-/m0/s1. The van der Waals surface area contributed by atoms with Gasteiger partial charge in [0.25, 0.3) is 0 Å². The molecule has 2 saturated heterocycles. The molecule has 0 radical (unpaired) electrons. The third kappa shape index (κ3) is 7.63. The zero-order valence-corrected chi connectivity index (χ0v) is 18.5. The molecule has 1 aromatic carbocycles. The van der Waals surface area contributed by atoms with Gasteiger partial charge in [-0.3, -0.25) is 9.69 Å². The van der Waals surface area contributed by atoms with E-state index in [9.17, 15) is 14.7 Å². The van der Waals surface area contributed by atoms with Gasteiger partial charge in [-0.15, -0.1) is 0 Å². The van der Waals surface area contributed by atoms with Crippen molar-refractivity contribution in [3.05, 3.63) is 24.3 Å². The predicted molar refractivity (Wildman–Crippen MR) is 119 cm³/mol. The Kier molecular flexibility index (Phi) is 9.54. The van der Waals surface area contributed by atoms with Crippen molar-refractivity contribution in [1.29, 1.82) is 0 Å². The number of hydrogen-bond donors (Lipinski definition) is 4. The number of aliphatic hydroxyl groups excluding tert-OH is 1. The van der Waals surface area contributed by atoms with Crippen molar-refractivity contribution < 1.29 is 28.9 Å². The normalized spacial score (nSPS) is 23.9. The summed E-state index contributed by atoms with van der Waals surface area (Å²) in [4.78, 5) is 26.5. The van der Waals surface area contributed by atoms with Gasteiger partial charge in [-0.1, -0.05) is 0 Å². The molecule has 2 aliphatic rings. The maximum atomic E-state index is 12.3. The molecule has 3 atom stereocenters. The number of morpholine rings is 1. The van der Waals surface area contributed by atoms with Gasteiger partial charge in [0.15, 0.2) is 0 Å². The summed E-state index contributed by atoms with van der Waals surface area (Å²) in [5.74, 6) is 0.705. The predicted octanol–water partition coefficient (Wildman–Crippen LogP) is 0.564. The fourth-order valence-electron chi connectivity index (χ4n) is 3.91. The zero-order valence-electron chi connectivity index (χ0n) is 18.5. The molecule has 0 unspecified atom stereocenters. The lowest BCUT2D eigenvalue weighted by Crippen LogP contribution is -2.52. The fraction of sp³-hybridized carbons (Fsp3) is 0.636. The molecule has 10 heteroatoms. The molecule has 0 aliphatic carbocycles. The second kappa shape index (κ2) is 12.6. The van der Waals surface area contributed by atoms with Crippen molar-refractivity contribution in [2.24, 2.45) is 0 Å². The minimum Gasteiger partial charge on any atom is -0.497 e. The third-order valence-corrected chi connectivity index (χ3v) is 5.72. The topological polar surface area (TPSA) is 121 Å². The van der Waals surface area contributed by atoms with Crippen LogP contribution in [-0.4, -0.2) is 93.3 Å². The number of methoxy groups -OCH3 is 1. The van der Waals surface area contributed by atoms with Crippen molar-refractivity contribution in [3.8, 4) is 5.75 Å². The van der Waals surface area contributed by atoms with E-state index in [0.717, 1.165) is 19.5 Å². The molecule has 0 aromatic heterocycles. The average Bonchev–Trinajstić information content (AvgIpc) is 2.81. The Morgan fingerprint density at radius 2 is 1.94 bits per heavy atom. The largest absolute Gasteiger partial charge is 0.497 e. The van der Waals surface area contributed by atoms with Crippen molar-refractivity contribution in [1.82, 2.24) is 15.5 Å². The number of nitrogens with one attached hydrogen (secondary N) is 3. The van der Waals surface area contributed by atoms with Crippen LogP contribution in [0.15, 0.2) is 24.3 Å². The summed E-state index contributed by atoms with van der Waals surface area (Å²) in [6, 6.07) is 6.40. The maximum absolute atomic E-state index is 12.3. The lowest BCUT2D eigenvalue weighted by atomic mass is 9.97. The van der Waals surface area contributed by atoms with E-state index in [1.807, 2.05) is 0 Å². The number of rotatable bonds is 9. The Bertz CT molecular complexity index is 726. The Morgan fingerprint density at radius 3 is 2.62 bits per heavy atom. The second-order valence-electron chi connectivity index (χ2n) is 8.02. The minimum absolute atomic E-state index is 0.00355. The van der Waals surface area contributed by atoms with Crippen LogP contribution in [0.2, 0.25) is 0 Å². The highest BCUT2D eigenvalue weighted by molar-refractivity contribution is 5.89. The minimum atomic E-state index is -0.487. The van der Waals surface area contributed by atoms with Crippen LogP contribution in [0, 0.1) is 0 Å². The Labute approximate surface area is 188 Å². The molecular formula is C22H34N4O6. The van der Waals surface area contributed by atoms with Crippen molar-refractivity contribution in [2.75, 3.05) is 58.4 Å². The maximum Gasteiger partial charge on any atom is 0.319 e. The molecule has 1 aromatic rings. The molecule has 2 fully saturated rings. The fourth-order valence-corrected chi connectivity index (χ4v) is 3.91. The summed E-state index contributed by atoms with van der Waals surface area (Å²) in [5, 5.41) is 18.3. The number of carbonyl (C=O) groups excluding carboxylic acids is 2. The molecule has 10 nitrogen and oxygen atoms in total. The van der Waals surface area contributed by atoms with Gasteiger partial charge in [-0.2, -0.15) is 0 Å². The third-order valence-electron chi connectivity index (χ3n) is 5.72. The summed E-state index contributed by atoms with van der Waals surface area (Å²) >= 11 is 0. The summed E-state index contributed by atoms with van der Waals surface area (Å²) in [6.07, 6.45) is 1.53. The van der Waals surface area contributed by atoms with Crippen LogP contribution in [0.4, 0.5) is 10.5 Å². The van der Waals surface area contributed by atoms with E-state index >= 15 is 0 Å². The van der Waals surface area contributed by atoms with Gasteiger partial charge >= 0.3 is 6.03 Å². The highest BCUT2D eigenvalue weighted by atomic mass is 16.5. The number of carbonyl (C=O) groups is 2. The van der Waals surface area contributed by atoms with Gasteiger partial charge in [0.1, 0.15) is 11.9 Å². The number of nitrogens with zero attached hydrogens (tertiary/aromatic N) is 1. The van der Waals surface area contributed by atoms with Gasteiger partial charge in [-0.05, 0) is 43.5 Å². The Hall–Kier alpha value is -2.40. The molecule has 0 saturated carbocycles. The number of aliphatic hydroxyl groups is 1. The number of ether oxygens (including phenoxy) is 3. The van der Waals surface area contributed by atoms with E-state index < -0.39 is 6.10 Å². The highest BCUT2D eigenvalue weighted by Crippen LogP contribution is 2.22. The van der Waals surface area contributed by atoms with Gasteiger partial charge in [-0.25, -0.2) is 4.79 Å². The van der Waals surface area contributed by atoms with Crippen LogP contribution >= 0.6 is 0 Å². The van der Waals surface area contributed by atoms with Crippen molar-refractivity contribution in [2.45, 2.75) is 37.5 Å². The number of benzene rings is 1. The van der Waals surface area contributed by atoms with E-state index in [-0.39, 0.29) is 30.7 Å². The molecule has 4 N–H and O–H groups in total. The van der Waals surface area contributed by atoms with E-state index in [1.54, 1.807) is 31.4 Å². The molecule has 3 rings (SSSR count). The van der Waals surface area contributed by atoms with Gasteiger partial charge in [0.05, 0.1) is 45.6 Å². The van der Waals surface area contributed by atoms with Crippen molar-refractivity contribution >= 4 is 17.6 Å². The van der Waals surface area contributed by atoms with E-state index in [2.05, 4.69) is 20.9 Å². The first-order chi connectivity index (χ1) is 15.6. The summed E-state index contributed by atoms with van der Waals surface area (Å²) in [5.41, 5.74) is 0.645. The van der Waals surface area contributed by atoms with Crippen LogP contribution in [0.1, 0.15) is 19.3 Å². The molecule has 3 amide bonds. The van der Waals surface area contributed by atoms with Crippen LogP contribution in [-0.2, 0) is 14.3 Å². The SMILES string of the molecule is COc1ccc(NC(=O)N[C@H]2CC[C@@H](CCNC(=O)CN3CCOCC3)O[C@H]2CO)cc1. The van der Waals surface area contributed by atoms with Crippen molar-refractivity contribution in [3.63, 3.8) is 0 Å². The van der Waals surface area contributed by atoms with Crippen LogP contribution in [0.5, 0.6) is 5.75 Å². The molecule has 0 spiro atoms. The van der Waals surface area contributed by atoms with E-state index in [0.29, 0.717) is 50.6 Å². The number of hydrogen-bond acceptors (Lipinski definition) is 7. The van der Waals surface area contributed by atoms with Gasteiger partial charge in [0, 0.05) is 25.3 Å². The number of urea groups is 1. The van der Waals surface area contributed by atoms with E-state index in [1.165, 1.54) is 0 Å². The Balaban J connectivity index is 1.36. The smallest absolute Gasteiger partial charge is 0.319 e. The second-order valence-corrected chi connectivity index (χ2v) is 8.02. The van der Waals surface area contributed by atoms with Gasteiger partial charge in [0.2, 0.25) is 5.91 Å². The first kappa shape index (κ1) is 24.2. The van der Waals surface area contributed by atoms with Crippen LogP contribution < -0.4 is 20.7 Å².